The van der Waals surface area contributed by atoms with Crippen LogP contribution in [0.4, 0.5) is 9.18 Å². The Labute approximate surface area is 152 Å². The molecule has 0 atom stereocenters. The maximum atomic E-state index is 13.8. The largest absolute Gasteiger partial charge is 0.496 e. The van der Waals surface area contributed by atoms with Crippen molar-refractivity contribution < 1.29 is 18.7 Å². The minimum Gasteiger partial charge on any atom is -0.496 e. The van der Waals surface area contributed by atoms with Gasteiger partial charge >= 0.3 is 6.03 Å². The highest BCUT2D eigenvalue weighted by Crippen LogP contribution is 2.27. The molecule has 2 aromatic carbocycles. The summed E-state index contributed by atoms with van der Waals surface area (Å²) >= 11 is 3.37. The van der Waals surface area contributed by atoms with Gasteiger partial charge in [0.05, 0.1) is 18.1 Å². The van der Waals surface area contributed by atoms with Gasteiger partial charge in [-0.2, -0.15) is 0 Å². The molecule has 1 saturated heterocycles. The molecule has 1 aliphatic rings. The van der Waals surface area contributed by atoms with E-state index in [-0.39, 0.29) is 17.8 Å². The van der Waals surface area contributed by atoms with Gasteiger partial charge in [0.2, 0.25) is 0 Å². The Kier molecular flexibility index (Phi) is 4.85. The first kappa shape index (κ1) is 17.2. The van der Waals surface area contributed by atoms with Crippen LogP contribution in [-0.2, 0) is 11.3 Å². The van der Waals surface area contributed by atoms with Gasteiger partial charge in [-0.25, -0.2) is 9.18 Å². The van der Waals surface area contributed by atoms with E-state index in [9.17, 15) is 14.0 Å². The first-order valence-corrected chi connectivity index (χ1v) is 8.20. The van der Waals surface area contributed by atoms with Crippen LogP contribution < -0.4 is 10.1 Å². The van der Waals surface area contributed by atoms with Crippen LogP contribution in [0.2, 0.25) is 0 Å². The number of carbonyl (C=O) groups is 2. The topological polar surface area (TPSA) is 58.6 Å². The van der Waals surface area contributed by atoms with Crippen molar-refractivity contribution in [3.8, 4) is 5.75 Å². The molecular formula is C18H14BrFN2O3. The van der Waals surface area contributed by atoms with E-state index in [0.717, 1.165) is 9.37 Å². The normalized spacial score (nSPS) is 15.6. The molecule has 0 aliphatic carbocycles. The first-order valence-electron chi connectivity index (χ1n) is 7.41. The van der Waals surface area contributed by atoms with E-state index < -0.39 is 17.8 Å². The molecule has 0 saturated carbocycles. The molecule has 128 valence electrons. The molecule has 0 unspecified atom stereocenters. The lowest BCUT2D eigenvalue weighted by atomic mass is 10.1. The van der Waals surface area contributed by atoms with Crippen LogP contribution in [0.5, 0.6) is 5.75 Å². The second-order valence-corrected chi connectivity index (χ2v) is 6.22. The lowest BCUT2D eigenvalue weighted by Gasteiger charge is -2.12. The van der Waals surface area contributed by atoms with Crippen LogP contribution in [0, 0.1) is 5.82 Å². The molecule has 1 fully saturated rings. The first-order chi connectivity index (χ1) is 12.0. The summed E-state index contributed by atoms with van der Waals surface area (Å²) in [5, 5.41) is 2.52. The molecule has 0 bridgehead atoms. The van der Waals surface area contributed by atoms with Crippen molar-refractivity contribution in [2.45, 2.75) is 6.54 Å². The third-order valence-corrected chi connectivity index (χ3v) is 4.36. The van der Waals surface area contributed by atoms with Gasteiger partial charge in [-0.1, -0.05) is 24.3 Å². The zero-order valence-electron chi connectivity index (χ0n) is 13.3. The van der Waals surface area contributed by atoms with Crippen LogP contribution in [0.1, 0.15) is 11.1 Å². The van der Waals surface area contributed by atoms with Gasteiger partial charge < -0.3 is 10.1 Å². The predicted molar refractivity (Wildman–Crippen MR) is 94.2 cm³/mol. The monoisotopic (exact) mass is 404 g/mol. The number of benzene rings is 2. The maximum absolute atomic E-state index is 13.8. The Morgan fingerprint density at radius 2 is 2.00 bits per heavy atom. The molecule has 1 N–H and O–H groups in total. The number of rotatable bonds is 4. The van der Waals surface area contributed by atoms with E-state index in [2.05, 4.69) is 21.2 Å². The van der Waals surface area contributed by atoms with Crippen LogP contribution in [0.3, 0.4) is 0 Å². The van der Waals surface area contributed by atoms with Crippen molar-refractivity contribution in [3.05, 3.63) is 69.6 Å². The fraction of sp³-hybridized carbons (Fsp3) is 0.111. The number of methoxy groups -OCH3 is 1. The summed E-state index contributed by atoms with van der Waals surface area (Å²) in [5.74, 6) is -0.301. The van der Waals surface area contributed by atoms with Crippen LogP contribution in [0.25, 0.3) is 6.08 Å². The number of urea groups is 1. The van der Waals surface area contributed by atoms with Gasteiger partial charge in [-0.05, 0) is 45.8 Å². The van der Waals surface area contributed by atoms with Crippen LogP contribution in [-0.4, -0.2) is 23.9 Å². The fourth-order valence-electron chi connectivity index (χ4n) is 2.45. The van der Waals surface area contributed by atoms with Crippen molar-refractivity contribution in [2.75, 3.05) is 7.11 Å². The molecule has 1 aliphatic heterocycles. The zero-order chi connectivity index (χ0) is 18.0. The summed E-state index contributed by atoms with van der Waals surface area (Å²) in [6, 6.07) is 10.7. The van der Waals surface area contributed by atoms with Crippen molar-refractivity contribution in [1.29, 1.82) is 0 Å². The van der Waals surface area contributed by atoms with Crippen molar-refractivity contribution in [1.82, 2.24) is 10.2 Å². The Morgan fingerprint density at radius 3 is 2.68 bits per heavy atom. The number of amides is 3. The molecule has 5 nitrogen and oxygen atoms in total. The predicted octanol–water partition coefficient (Wildman–Crippen LogP) is 3.69. The van der Waals surface area contributed by atoms with E-state index in [4.69, 9.17) is 4.74 Å². The fourth-order valence-corrected chi connectivity index (χ4v) is 3.01. The summed E-state index contributed by atoms with van der Waals surface area (Å²) in [4.78, 5) is 25.5. The van der Waals surface area contributed by atoms with E-state index in [0.29, 0.717) is 11.3 Å². The van der Waals surface area contributed by atoms with E-state index in [1.807, 2.05) is 0 Å². The average molecular weight is 405 g/mol. The SMILES string of the molecule is COc1ccc(C=C2NC(=O)N(Cc3ccccc3F)C2=O)cc1Br. The van der Waals surface area contributed by atoms with E-state index >= 15 is 0 Å². The number of halogens is 2. The summed E-state index contributed by atoms with van der Waals surface area (Å²) in [5.41, 5.74) is 1.13. The van der Waals surface area contributed by atoms with Crippen molar-refractivity contribution in [2.24, 2.45) is 0 Å². The third-order valence-electron chi connectivity index (χ3n) is 3.74. The summed E-state index contributed by atoms with van der Waals surface area (Å²) in [6.07, 6.45) is 1.56. The molecule has 3 rings (SSSR count). The molecule has 7 heteroatoms. The summed E-state index contributed by atoms with van der Waals surface area (Å²) in [6.45, 7) is -0.124. The lowest BCUT2D eigenvalue weighted by Crippen LogP contribution is -2.30. The molecule has 1 heterocycles. The highest BCUT2D eigenvalue weighted by molar-refractivity contribution is 9.10. The summed E-state index contributed by atoms with van der Waals surface area (Å²) in [7, 11) is 1.56. The number of carbonyl (C=O) groups excluding carboxylic acids is 2. The standard InChI is InChI=1S/C18H14BrFN2O3/c1-25-16-7-6-11(8-13(16)19)9-15-17(23)22(18(24)21-15)10-12-4-2-3-5-14(12)20/h2-9H,10H2,1H3,(H,21,24). The Bertz CT molecular complexity index is 882. The average Bonchev–Trinajstić information content (AvgIpc) is 2.84. The Balaban J connectivity index is 1.83. The van der Waals surface area contributed by atoms with Crippen molar-refractivity contribution >= 4 is 33.9 Å². The Hall–Kier alpha value is -2.67. The van der Waals surface area contributed by atoms with Gasteiger partial charge in [0.25, 0.3) is 5.91 Å². The number of nitrogens with one attached hydrogen (secondary N) is 1. The highest BCUT2D eigenvalue weighted by atomic mass is 79.9. The van der Waals surface area contributed by atoms with Gasteiger partial charge in [0.15, 0.2) is 0 Å². The number of nitrogens with zero attached hydrogens (tertiary/aromatic N) is 1. The van der Waals surface area contributed by atoms with Crippen LogP contribution >= 0.6 is 15.9 Å². The minimum absolute atomic E-state index is 0.124. The quantitative estimate of drug-likeness (QED) is 0.624. The van der Waals surface area contributed by atoms with Gasteiger partial charge in [-0.3, -0.25) is 9.69 Å². The highest BCUT2D eigenvalue weighted by Gasteiger charge is 2.33. The third kappa shape index (κ3) is 3.56. The zero-order valence-corrected chi connectivity index (χ0v) is 14.8. The Morgan fingerprint density at radius 1 is 1.24 bits per heavy atom. The second-order valence-electron chi connectivity index (χ2n) is 5.36. The molecule has 25 heavy (non-hydrogen) atoms. The lowest BCUT2D eigenvalue weighted by molar-refractivity contribution is -0.123. The number of ether oxygens (including phenoxy) is 1. The number of imide groups is 1. The second kappa shape index (κ2) is 7.06. The molecule has 0 radical (unpaired) electrons. The van der Waals surface area contributed by atoms with Gasteiger partial charge in [0.1, 0.15) is 17.3 Å². The van der Waals surface area contributed by atoms with E-state index in [1.165, 1.54) is 12.1 Å². The maximum Gasteiger partial charge on any atom is 0.329 e. The van der Waals surface area contributed by atoms with Gasteiger partial charge in [0, 0.05) is 5.56 Å². The number of hydrogen-bond acceptors (Lipinski definition) is 3. The molecule has 3 amide bonds. The van der Waals surface area contributed by atoms with Gasteiger partial charge in [-0.15, -0.1) is 0 Å². The summed E-state index contributed by atoms with van der Waals surface area (Å²) < 4.78 is 19.6. The molecule has 0 spiro atoms. The minimum atomic E-state index is -0.577. The molecular weight excluding hydrogens is 391 g/mol. The number of hydrogen-bond donors (Lipinski definition) is 1. The molecule has 2 aromatic rings. The smallest absolute Gasteiger partial charge is 0.329 e. The van der Waals surface area contributed by atoms with Crippen molar-refractivity contribution in [3.63, 3.8) is 0 Å². The van der Waals surface area contributed by atoms with E-state index in [1.54, 1.807) is 43.5 Å². The van der Waals surface area contributed by atoms with Crippen LogP contribution in [0.15, 0.2) is 52.6 Å². The molecule has 0 aromatic heterocycles.